The first-order chi connectivity index (χ1) is 18.9. The minimum Gasteiger partial charge on any atom is -0.599 e. The molecule has 3 aliphatic rings. The Morgan fingerprint density at radius 3 is 2.08 bits per heavy atom. The van der Waals surface area contributed by atoms with E-state index in [0.29, 0.717) is 79.0 Å². The molecule has 0 saturated heterocycles. The third kappa shape index (κ3) is 3.08. The lowest BCUT2D eigenvalue weighted by Crippen LogP contribution is -2.65. The van der Waals surface area contributed by atoms with Crippen LogP contribution < -0.4 is 9.31 Å². The summed E-state index contributed by atoms with van der Waals surface area (Å²) in [4.78, 5) is 3.83. The van der Waals surface area contributed by atoms with Gasteiger partial charge in [-0.3, -0.25) is 0 Å². The van der Waals surface area contributed by atoms with Gasteiger partial charge in [0.2, 0.25) is 0 Å². The van der Waals surface area contributed by atoms with Crippen molar-refractivity contribution >= 4 is 18.1 Å². The highest BCUT2D eigenvalue weighted by atomic mass is 19.4. The van der Waals surface area contributed by atoms with Crippen molar-refractivity contribution in [3.63, 3.8) is 0 Å². The standard InChI is InChI=1S/C30H24BF3N4O2/c1-15-12-21(30(32,33)34)13-16(2)25(15)26-28-17(3)22(14-35)19(5)37(28)31(39-23-10-8-9-11-24(23)40-31)38-20(6)27(36-7)18(4)29(26)38/h8-13H,1-6H3. The van der Waals surface area contributed by atoms with Gasteiger partial charge in [0.1, 0.15) is 23.3 Å². The summed E-state index contributed by atoms with van der Waals surface area (Å²) < 4.78 is 58.3. The number of aryl methyl sites for hydroxylation is 2. The number of rotatable bonds is 1. The molecule has 3 aromatic rings. The first-order valence-electron chi connectivity index (χ1n) is 12.8. The van der Waals surface area contributed by atoms with Gasteiger partial charge in [-0.1, -0.05) is 12.1 Å². The average molecular weight is 540 g/mol. The largest absolute Gasteiger partial charge is 0.779 e. The maximum absolute atomic E-state index is 13.7. The molecule has 0 unspecified atom stereocenters. The van der Waals surface area contributed by atoms with Gasteiger partial charge >= 0.3 is 13.0 Å². The zero-order valence-electron chi connectivity index (χ0n) is 22.8. The van der Waals surface area contributed by atoms with E-state index in [2.05, 4.69) is 10.9 Å². The molecule has 1 spiro atoms. The average Bonchev–Trinajstić information content (AvgIpc) is 3.47. The van der Waals surface area contributed by atoms with Crippen molar-refractivity contribution in [3.05, 3.63) is 110 Å². The molecule has 3 aliphatic heterocycles. The second kappa shape index (κ2) is 8.16. The highest BCUT2D eigenvalue weighted by molar-refractivity contribution is 6.62. The molecule has 10 heteroatoms. The summed E-state index contributed by atoms with van der Waals surface area (Å²) in [6, 6.07) is 11.9. The summed E-state index contributed by atoms with van der Waals surface area (Å²) in [6.07, 6.45) is -4.50. The van der Waals surface area contributed by atoms with Crippen LogP contribution in [0.5, 0.6) is 11.5 Å². The predicted octanol–water partition coefficient (Wildman–Crippen LogP) is 6.82. The van der Waals surface area contributed by atoms with Gasteiger partial charge in [-0.15, -0.1) is 0 Å². The molecule has 6 rings (SSSR count). The summed E-state index contributed by atoms with van der Waals surface area (Å²) in [5.41, 5.74) is 6.00. The van der Waals surface area contributed by atoms with Crippen molar-refractivity contribution in [2.45, 2.75) is 47.7 Å². The molecule has 0 aliphatic carbocycles. The molecule has 6 nitrogen and oxygen atoms in total. The summed E-state index contributed by atoms with van der Waals surface area (Å²) >= 11 is 0. The van der Waals surface area contributed by atoms with E-state index in [9.17, 15) is 18.4 Å². The Morgan fingerprint density at radius 1 is 1.00 bits per heavy atom. The van der Waals surface area contributed by atoms with Gasteiger partial charge < -0.3 is 18.3 Å². The van der Waals surface area contributed by atoms with E-state index in [1.54, 1.807) is 26.0 Å². The molecule has 0 radical (unpaired) electrons. The topological polar surface area (TPSA) is 54.6 Å². The van der Waals surface area contributed by atoms with Crippen LogP contribution in [0.15, 0.2) is 53.4 Å². The lowest BCUT2D eigenvalue weighted by molar-refractivity contribution is -0.369. The molecule has 0 N–H and O–H groups in total. The van der Waals surface area contributed by atoms with Crippen molar-refractivity contribution in [2.24, 2.45) is 0 Å². The SMILES string of the molecule is [C-]#[N+]C1=C(C)C2=C(c3c(C)cc(C(F)(F)F)cc3C)c3c(C)c(C#N)c(C)n3[B-]3(Oc4ccccc4O3)[N+]2=C1C. The number of nitrogens with zero attached hydrogens (tertiary/aromatic N) is 4. The fourth-order valence-corrected chi connectivity index (χ4v) is 6.66. The first-order valence-corrected chi connectivity index (χ1v) is 12.8. The molecule has 0 bridgehead atoms. The molecule has 200 valence electrons. The highest BCUT2D eigenvalue weighted by Gasteiger charge is 2.64. The number of benzene rings is 2. The number of para-hydroxylation sites is 2. The highest BCUT2D eigenvalue weighted by Crippen LogP contribution is 2.51. The summed E-state index contributed by atoms with van der Waals surface area (Å²) in [7, 11) is 0. The van der Waals surface area contributed by atoms with Crippen LogP contribution in [0.4, 0.5) is 13.2 Å². The van der Waals surface area contributed by atoms with Crippen LogP contribution in [-0.4, -0.2) is 21.5 Å². The molecule has 40 heavy (non-hydrogen) atoms. The van der Waals surface area contributed by atoms with Gasteiger partial charge in [0.25, 0.3) is 5.70 Å². The Balaban J connectivity index is 1.81. The van der Waals surface area contributed by atoms with E-state index in [1.807, 2.05) is 48.8 Å². The van der Waals surface area contributed by atoms with Crippen LogP contribution in [0, 0.1) is 45.6 Å². The lowest BCUT2D eigenvalue weighted by atomic mass is 9.77. The van der Waals surface area contributed by atoms with Crippen LogP contribution in [0.1, 0.15) is 58.6 Å². The smallest absolute Gasteiger partial charge is 0.599 e. The fraction of sp³-hybridized carbons (Fsp3) is 0.233. The summed E-state index contributed by atoms with van der Waals surface area (Å²) in [5, 5.41) is 10.2. The normalized spacial score (nSPS) is 16.9. The predicted molar refractivity (Wildman–Crippen MR) is 145 cm³/mol. The Labute approximate surface area is 229 Å². The van der Waals surface area contributed by atoms with Crippen LogP contribution >= 0.6 is 0 Å². The number of hydrogen-bond donors (Lipinski definition) is 0. The van der Waals surface area contributed by atoms with E-state index in [0.717, 1.165) is 12.1 Å². The number of hydrogen-bond acceptors (Lipinski definition) is 3. The molecular formula is C30H24BF3N4O2. The number of nitriles is 1. The van der Waals surface area contributed by atoms with Crippen molar-refractivity contribution < 1.29 is 27.0 Å². The van der Waals surface area contributed by atoms with E-state index in [1.165, 1.54) is 0 Å². The van der Waals surface area contributed by atoms with Gasteiger partial charge in [0.05, 0.1) is 23.3 Å². The minimum absolute atomic E-state index is 0.417. The second-order valence-corrected chi connectivity index (χ2v) is 10.5. The Hall–Kier alpha value is -4.70. The van der Waals surface area contributed by atoms with Crippen molar-refractivity contribution in [2.75, 3.05) is 0 Å². The van der Waals surface area contributed by atoms with Crippen LogP contribution in [-0.2, 0) is 6.18 Å². The van der Waals surface area contributed by atoms with Gasteiger partial charge in [-0.2, -0.15) is 18.4 Å². The van der Waals surface area contributed by atoms with Crippen LogP contribution in [0.3, 0.4) is 0 Å². The van der Waals surface area contributed by atoms with Gasteiger partial charge in [-0.25, -0.2) is 4.85 Å². The second-order valence-electron chi connectivity index (χ2n) is 10.5. The lowest BCUT2D eigenvalue weighted by Gasteiger charge is -2.39. The number of alkyl halides is 3. The molecule has 0 fully saturated rings. The number of allylic oxidation sites excluding steroid dienone is 2. The van der Waals surface area contributed by atoms with Crippen LogP contribution in [0.2, 0.25) is 0 Å². The quantitative estimate of drug-likeness (QED) is 0.252. The summed E-state index contributed by atoms with van der Waals surface area (Å²) in [5.74, 6) is 1.04. The van der Waals surface area contributed by atoms with Crippen molar-refractivity contribution in [3.8, 4) is 17.6 Å². The Kier molecular flexibility index (Phi) is 5.21. The maximum Gasteiger partial charge on any atom is 0.779 e. The Bertz CT molecular complexity index is 1830. The molecule has 4 heterocycles. The zero-order chi connectivity index (χ0) is 28.9. The van der Waals surface area contributed by atoms with Gasteiger partial charge in [0.15, 0.2) is 5.70 Å². The maximum atomic E-state index is 13.7. The monoisotopic (exact) mass is 540 g/mol. The third-order valence-electron chi connectivity index (χ3n) is 8.22. The molecule has 0 amide bonds. The zero-order valence-corrected chi connectivity index (χ0v) is 22.8. The van der Waals surface area contributed by atoms with Crippen LogP contribution in [0.25, 0.3) is 10.4 Å². The van der Waals surface area contributed by atoms with E-state index < -0.39 is 18.6 Å². The Morgan fingerprint density at radius 2 is 1.57 bits per heavy atom. The van der Waals surface area contributed by atoms with Gasteiger partial charge in [-0.05, 0) is 81.1 Å². The van der Waals surface area contributed by atoms with E-state index in [-0.39, 0.29) is 0 Å². The van der Waals surface area contributed by atoms with E-state index >= 15 is 0 Å². The minimum atomic E-state index is -4.50. The number of fused-ring (bicyclic) bond motifs is 5. The van der Waals surface area contributed by atoms with E-state index in [4.69, 9.17) is 15.9 Å². The first kappa shape index (κ1) is 25.6. The molecule has 0 saturated carbocycles. The number of halogens is 3. The van der Waals surface area contributed by atoms with Gasteiger partial charge in [0, 0.05) is 23.9 Å². The fourth-order valence-electron chi connectivity index (χ4n) is 6.66. The summed E-state index contributed by atoms with van der Waals surface area (Å²) in [6.45, 7) is 16.0. The van der Waals surface area contributed by atoms with Crippen molar-refractivity contribution in [1.82, 2.24) is 4.48 Å². The third-order valence-corrected chi connectivity index (χ3v) is 8.22. The molecule has 1 aromatic heterocycles. The number of aromatic nitrogens is 1. The molecular weight excluding hydrogens is 516 g/mol. The van der Waals surface area contributed by atoms with Crippen molar-refractivity contribution in [1.29, 1.82) is 5.26 Å². The molecule has 0 atom stereocenters. The molecule has 2 aromatic carbocycles.